The van der Waals surface area contributed by atoms with Crippen molar-refractivity contribution in [1.82, 2.24) is 0 Å². The number of ether oxygens (including phenoxy) is 2. The summed E-state index contributed by atoms with van der Waals surface area (Å²) in [4.78, 5) is 11.4. The van der Waals surface area contributed by atoms with E-state index >= 15 is 0 Å². The number of primary amides is 1. The SMILES string of the molecule is NC(=O)c1cccc(-c2ccc(OC3O[C@H](CO)C[C@H](O)[C@@H]3O)cc2C(F)(F)F)c1. The van der Waals surface area contributed by atoms with E-state index in [1.54, 1.807) is 0 Å². The van der Waals surface area contributed by atoms with Crippen LogP contribution in [0.3, 0.4) is 0 Å². The number of hydrogen-bond donors (Lipinski definition) is 4. The van der Waals surface area contributed by atoms with Crippen molar-refractivity contribution in [1.29, 1.82) is 0 Å². The Balaban J connectivity index is 1.96. The summed E-state index contributed by atoms with van der Waals surface area (Å²) in [6.45, 7) is -0.452. The van der Waals surface area contributed by atoms with Crippen LogP contribution in [0, 0.1) is 0 Å². The molecule has 0 aliphatic carbocycles. The van der Waals surface area contributed by atoms with Crippen molar-refractivity contribution in [3.63, 3.8) is 0 Å². The van der Waals surface area contributed by atoms with Gasteiger partial charge in [0.1, 0.15) is 11.9 Å². The number of carbonyl (C=O) groups excluding carboxylic acids is 1. The molecule has 1 fully saturated rings. The summed E-state index contributed by atoms with van der Waals surface area (Å²) in [7, 11) is 0. The van der Waals surface area contributed by atoms with Gasteiger partial charge >= 0.3 is 6.18 Å². The number of benzene rings is 2. The standard InChI is InChI=1S/C20H20F3NO6/c21-20(22,23)15-7-12(29-19-17(27)16(26)8-13(9-25)30-19)4-5-14(15)10-2-1-3-11(6-10)18(24)28/h1-7,13,16-17,19,25-27H,8-9H2,(H2,24,28)/t13-,16-,17-,19?/m0/s1. The predicted octanol–water partition coefficient (Wildman–Crippen LogP) is 1.68. The summed E-state index contributed by atoms with van der Waals surface area (Å²) in [6.07, 6.45) is -9.85. The zero-order valence-corrected chi connectivity index (χ0v) is 15.5. The van der Waals surface area contributed by atoms with Crippen molar-refractivity contribution < 1.29 is 42.8 Å². The maximum absolute atomic E-state index is 13.7. The number of halogens is 3. The highest BCUT2D eigenvalue weighted by Crippen LogP contribution is 2.40. The Bertz CT molecular complexity index is 920. The van der Waals surface area contributed by atoms with Crippen LogP contribution < -0.4 is 10.5 Å². The Morgan fingerprint density at radius 3 is 2.57 bits per heavy atom. The normalized spacial score (nSPS) is 24.5. The second kappa shape index (κ2) is 8.60. The van der Waals surface area contributed by atoms with Crippen molar-refractivity contribution in [2.45, 2.75) is 37.2 Å². The molecule has 0 radical (unpaired) electrons. The van der Waals surface area contributed by atoms with Gasteiger partial charge in [-0.3, -0.25) is 4.79 Å². The Kier molecular flexibility index (Phi) is 6.32. The van der Waals surface area contributed by atoms with Crippen LogP contribution in [0.25, 0.3) is 11.1 Å². The molecule has 0 spiro atoms. The molecule has 0 bridgehead atoms. The van der Waals surface area contributed by atoms with Crippen LogP contribution in [0.5, 0.6) is 5.75 Å². The van der Waals surface area contributed by atoms with E-state index in [0.29, 0.717) is 0 Å². The molecule has 5 N–H and O–H groups in total. The number of carbonyl (C=O) groups is 1. The molecule has 162 valence electrons. The first-order valence-electron chi connectivity index (χ1n) is 9.00. The molecular formula is C20H20F3NO6. The highest BCUT2D eigenvalue weighted by molar-refractivity contribution is 5.94. The second-order valence-corrected chi connectivity index (χ2v) is 6.87. The molecule has 0 aromatic heterocycles. The summed E-state index contributed by atoms with van der Waals surface area (Å²) in [5.74, 6) is -1.03. The van der Waals surface area contributed by atoms with Gasteiger partial charge in [-0.05, 0) is 35.4 Å². The third-order valence-corrected chi connectivity index (χ3v) is 4.71. The minimum Gasteiger partial charge on any atom is -0.462 e. The summed E-state index contributed by atoms with van der Waals surface area (Å²) in [5.41, 5.74) is 4.16. The van der Waals surface area contributed by atoms with Crippen molar-refractivity contribution in [2.75, 3.05) is 6.61 Å². The molecule has 1 amide bonds. The first-order chi connectivity index (χ1) is 14.1. The molecule has 1 aliphatic rings. The van der Waals surface area contributed by atoms with E-state index in [2.05, 4.69) is 0 Å². The average molecular weight is 427 g/mol. The molecule has 4 atom stereocenters. The van der Waals surface area contributed by atoms with E-state index in [-0.39, 0.29) is 28.9 Å². The van der Waals surface area contributed by atoms with Gasteiger partial charge in [0.05, 0.1) is 24.4 Å². The van der Waals surface area contributed by atoms with Crippen LogP contribution in [-0.4, -0.2) is 52.4 Å². The van der Waals surface area contributed by atoms with Gasteiger partial charge in [0.25, 0.3) is 0 Å². The molecular weight excluding hydrogens is 407 g/mol. The number of nitrogens with two attached hydrogens (primary N) is 1. The van der Waals surface area contributed by atoms with Gasteiger partial charge < -0.3 is 30.5 Å². The third kappa shape index (κ3) is 4.73. The minimum atomic E-state index is -4.75. The van der Waals surface area contributed by atoms with E-state index in [9.17, 15) is 33.3 Å². The number of hydrogen-bond acceptors (Lipinski definition) is 6. The van der Waals surface area contributed by atoms with Crippen molar-refractivity contribution in [2.24, 2.45) is 5.73 Å². The zero-order valence-electron chi connectivity index (χ0n) is 15.5. The highest BCUT2D eigenvalue weighted by atomic mass is 19.4. The number of alkyl halides is 3. The largest absolute Gasteiger partial charge is 0.462 e. The van der Waals surface area contributed by atoms with Gasteiger partial charge in [0, 0.05) is 12.0 Å². The fourth-order valence-electron chi connectivity index (χ4n) is 3.19. The summed E-state index contributed by atoms with van der Waals surface area (Å²) < 4.78 is 51.7. The van der Waals surface area contributed by atoms with Crippen LogP contribution in [0.1, 0.15) is 22.3 Å². The molecule has 7 nitrogen and oxygen atoms in total. The highest BCUT2D eigenvalue weighted by Gasteiger charge is 2.39. The molecule has 30 heavy (non-hydrogen) atoms. The van der Waals surface area contributed by atoms with Crippen LogP contribution in [0.4, 0.5) is 13.2 Å². The number of amides is 1. The molecule has 2 aromatic carbocycles. The van der Waals surface area contributed by atoms with E-state index < -0.39 is 48.9 Å². The number of aliphatic hydroxyl groups is 3. The van der Waals surface area contributed by atoms with Crippen molar-refractivity contribution >= 4 is 5.91 Å². The lowest BCUT2D eigenvalue weighted by Gasteiger charge is -2.36. The molecule has 1 heterocycles. The van der Waals surface area contributed by atoms with E-state index in [4.69, 9.17) is 15.2 Å². The fraction of sp³-hybridized carbons (Fsp3) is 0.350. The lowest BCUT2D eigenvalue weighted by atomic mass is 9.97. The molecule has 10 heteroatoms. The van der Waals surface area contributed by atoms with E-state index in [1.165, 1.54) is 30.3 Å². The maximum Gasteiger partial charge on any atom is 0.417 e. The van der Waals surface area contributed by atoms with Crippen LogP contribution in [-0.2, 0) is 10.9 Å². The quantitative estimate of drug-likeness (QED) is 0.576. The van der Waals surface area contributed by atoms with Gasteiger partial charge in [-0.15, -0.1) is 0 Å². The Morgan fingerprint density at radius 2 is 1.93 bits per heavy atom. The Morgan fingerprint density at radius 1 is 1.20 bits per heavy atom. The average Bonchev–Trinajstić information content (AvgIpc) is 2.70. The van der Waals surface area contributed by atoms with Crippen LogP contribution in [0.15, 0.2) is 42.5 Å². The van der Waals surface area contributed by atoms with Gasteiger partial charge in [-0.25, -0.2) is 0 Å². The Labute approximate surface area is 169 Å². The number of aliphatic hydroxyl groups excluding tert-OH is 3. The molecule has 1 unspecified atom stereocenters. The first-order valence-corrected chi connectivity index (χ1v) is 9.00. The third-order valence-electron chi connectivity index (χ3n) is 4.71. The maximum atomic E-state index is 13.7. The van der Waals surface area contributed by atoms with Crippen molar-refractivity contribution in [3.8, 4) is 16.9 Å². The summed E-state index contributed by atoms with van der Waals surface area (Å²) >= 11 is 0. The topological polar surface area (TPSA) is 122 Å². The zero-order chi connectivity index (χ0) is 22.1. The monoisotopic (exact) mass is 427 g/mol. The van der Waals surface area contributed by atoms with Gasteiger partial charge in [0.15, 0.2) is 0 Å². The van der Waals surface area contributed by atoms with E-state index in [1.807, 2.05) is 0 Å². The van der Waals surface area contributed by atoms with Gasteiger partial charge in [-0.1, -0.05) is 18.2 Å². The summed E-state index contributed by atoms with van der Waals surface area (Å²) in [6, 6.07) is 8.61. The predicted molar refractivity (Wildman–Crippen MR) is 98.4 cm³/mol. The first kappa shape index (κ1) is 22.0. The smallest absolute Gasteiger partial charge is 0.417 e. The molecule has 1 saturated heterocycles. The van der Waals surface area contributed by atoms with Gasteiger partial charge in [0.2, 0.25) is 12.2 Å². The molecule has 3 rings (SSSR count). The minimum absolute atomic E-state index is 0.0412. The Hall–Kier alpha value is -2.66. The fourth-order valence-corrected chi connectivity index (χ4v) is 3.19. The number of rotatable bonds is 5. The van der Waals surface area contributed by atoms with E-state index in [0.717, 1.165) is 12.1 Å². The van der Waals surface area contributed by atoms with Gasteiger partial charge in [-0.2, -0.15) is 13.2 Å². The molecule has 1 aliphatic heterocycles. The molecule has 0 saturated carbocycles. The lowest BCUT2D eigenvalue weighted by Crippen LogP contribution is -2.51. The lowest BCUT2D eigenvalue weighted by molar-refractivity contribution is -0.240. The van der Waals surface area contributed by atoms with Crippen molar-refractivity contribution in [3.05, 3.63) is 53.6 Å². The van der Waals surface area contributed by atoms with Crippen LogP contribution >= 0.6 is 0 Å². The summed E-state index contributed by atoms with van der Waals surface area (Å²) in [5, 5.41) is 29.0. The second-order valence-electron chi connectivity index (χ2n) is 6.87. The molecule has 2 aromatic rings. The van der Waals surface area contributed by atoms with Crippen LogP contribution in [0.2, 0.25) is 0 Å².